The molecule has 0 spiro atoms. The van der Waals surface area contributed by atoms with Crippen molar-refractivity contribution in [2.24, 2.45) is 0 Å². The Hall–Kier alpha value is -2.56. The lowest BCUT2D eigenvalue weighted by molar-refractivity contribution is 0.131. The van der Waals surface area contributed by atoms with Gasteiger partial charge in [-0.15, -0.1) is 0 Å². The zero-order valence-corrected chi connectivity index (χ0v) is 14.2. The van der Waals surface area contributed by atoms with Crippen molar-refractivity contribution >= 4 is 10.9 Å². The summed E-state index contributed by atoms with van der Waals surface area (Å²) >= 11 is 0. The summed E-state index contributed by atoms with van der Waals surface area (Å²) in [6.45, 7) is 2.26. The first-order valence-corrected chi connectivity index (χ1v) is 8.73. The molecule has 5 heteroatoms. The maximum Gasteiger partial charge on any atom is 0.261 e. The first-order valence-electron chi connectivity index (χ1n) is 8.73. The summed E-state index contributed by atoms with van der Waals surface area (Å²) in [6, 6.07) is 11.3. The Morgan fingerprint density at radius 3 is 2.88 bits per heavy atom. The predicted octanol–water partition coefficient (Wildman–Crippen LogP) is 3.91. The summed E-state index contributed by atoms with van der Waals surface area (Å²) in [7, 11) is 0. The molecule has 1 unspecified atom stereocenters. The van der Waals surface area contributed by atoms with Crippen LogP contribution in [0.5, 0.6) is 0 Å². The minimum Gasteiger partial charge on any atom is -0.296 e. The molecule has 0 saturated heterocycles. The van der Waals surface area contributed by atoms with Gasteiger partial charge in [-0.05, 0) is 43.5 Å². The molecule has 0 fully saturated rings. The highest BCUT2D eigenvalue weighted by Crippen LogP contribution is 2.30. The number of aryl methyl sites for hydroxylation is 1. The lowest BCUT2D eigenvalue weighted by atomic mass is 9.94. The van der Waals surface area contributed by atoms with Crippen LogP contribution in [0.2, 0.25) is 0 Å². The van der Waals surface area contributed by atoms with Crippen molar-refractivity contribution in [2.45, 2.75) is 44.8 Å². The molecule has 0 radical (unpaired) electrons. The second-order valence-corrected chi connectivity index (χ2v) is 6.69. The number of pyridine rings is 1. The minimum absolute atomic E-state index is 0.0760. The van der Waals surface area contributed by atoms with Gasteiger partial charge >= 0.3 is 0 Å². The molecule has 2 aromatic heterocycles. The third-order valence-corrected chi connectivity index (χ3v) is 5.21. The Kier molecular flexibility index (Phi) is 3.86. The van der Waals surface area contributed by atoms with Crippen molar-refractivity contribution in [3.63, 3.8) is 0 Å². The van der Waals surface area contributed by atoms with E-state index in [4.69, 9.17) is 4.98 Å². The lowest BCUT2D eigenvalue weighted by Crippen LogP contribution is -2.26. The Morgan fingerprint density at radius 1 is 1.24 bits per heavy atom. The molecule has 128 valence electrons. The Labute approximate surface area is 145 Å². The van der Waals surface area contributed by atoms with Crippen molar-refractivity contribution in [1.29, 1.82) is 0 Å². The van der Waals surface area contributed by atoms with E-state index in [0.717, 1.165) is 11.3 Å². The van der Waals surface area contributed by atoms with Gasteiger partial charge in [-0.25, -0.2) is 9.37 Å². The normalized spacial score (nSPS) is 20.2. The largest absolute Gasteiger partial charge is 0.296 e. The van der Waals surface area contributed by atoms with Crippen molar-refractivity contribution in [1.82, 2.24) is 14.5 Å². The van der Waals surface area contributed by atoms with E-state index in [9.17, 15) is 9.18 Å². The minimum atomic E-state index is -1.20. The van der Waals surface area contributed by atoms with Gasteiger partial charge in [-0.3, -0.25) is 14.3 Å². The third kappa shape index (κ3) is 2.84. The third-order valence-electron chi connectivity index (χ3n) is 5.21. The number of aromatic nitrogens is 3. The molecule has 1 atom stereocenters. The fraction of sp³-hybridized carbons (Fsp3) is 0.350. The number of rotatable bonds is 2. The molecule has 0 N–H and O–H groups in total. The van der Waals surface area contributed by atoms with Gasteiger partial charge in [0.05, 0.1) is 16.6 Å². The van der Waals surface area contributed by atoms with E-state index < -0.39 is 5.67 Å². The number of nitrogens with zero attached hydrogens (tertiary/aromatic N) is 3. The maximum atomic E-state index is 14.7. The highest BCUT2D eigenvalue weighted by molar-refractivity contribution is 5.83. The molecule has 25 heavy (non-hydrogen) atoms. The zero-order chi connectivity index (χ0) is 17.4. The maximum absolute atomic E-state index is 14.7. The van der Waals surface area contributed by atoms with Crippen LogP contribution in [-0.4, -0.2) is 20.2 Å². The molecule has 1 aromatic carbocycles. The van der Waals surface area contributed by atoms with Crippen LogP contribution in [0.3, 0.4) is 0 Å². The summed E-state index contributed by atoms with van der Waals surface area (Å²) < 4.78 is 16.4. The molecule has 3 aromatic rings. The van der Waals surface area contributed by atoms with Gasteiger partial charge in [-0.1, -0.05) is 19.1 Å². The van der Waals surface area contributed by atoms with Gasteiger partial charge in [0.25, 0.3) is 5.56 Å². The van der Waals surface area contributed by atoms with Crippen LogP contribution in [0, 0.1) is 0 Å². The van der Waals surface area contributed by atoms with Gasteiger partial charge < -0.3 is 0 Å². The second-order valence-electron chi connectivity index (χ2n) is 6.69. The Morgan fingerprint density at radius 2 is 2.12 bits per heavy atom. The average Bonchev–Trinajstić information content (AvgIpc) is 2.82. The van der Waals surface area contributed by atoms with Crippen LogP contribution in [0.15, 0.2) is 47.4 Å². The van der Waals surface area contributed by atoms with Crippen molar-refractivity contribution in [3.8, 4) is 11.3 Å². The van der Waals surface area contributed by atoms with E-state index in [1.54, 1.807) is 16.8 Å². The highest BCUT2D eigenvalue weighted by atomic mass is 19.1. The average molecular weight is 337 g/mol. The molecule has 3 heterocycles. The van der Waals surface area contributed by atoms with E-state index in [1.807, 2.05) is 37.3 Å². The van der Waals surface area contributed by atoms with Crippen molar-refractivity contribution in [3.05, 3.63) is 58.8 Å². The second kappa shape index (κ2) is 6.06. The number of fused-ring (bicyclic) bond motifs is 2. The standard InChI is InChI=1S/C20H20FN3O/c1-2-20(21)9-8-18-23-17-13-14(16-5-3-4-11-22-16)6-7-15(17)19(25)24(18)12-10-20/h3-7,11,13H,2,8-10,12H2,1H3. The van der Waals surface area contributed by atoms with E-state index in [0.29, 0.717) is 49.0 Å². The Balaban J connectivity index is 1.83. The van der Waals surface area contributed by atoms with Crippen LogP contribution >= 0.6 is 0 Å². The predicted molar refractivity (Wildman–Crippen MR) is 96.3 cm³/mol. The molecule has 0 aliphatic carbocycles. The van der Waals surface area contributed by atoms with Gasteiger partial charge in [-0.2, -0.15) is 0 Å². The van der Waals surface area contributed by atoms with E-state index in [2.05, 4.69) is 4.98 Å². The Bertz CT molecular complexity index is 983. The quantitative estimate of drug-likeness (QED) is 0.712. The fourth-order valence-electron chi connectivity index (χ4n) is 3.51. The van der Waals surface area contributed by atoms with Gasteiger partial charge in [0.1, 0.15) is 11.5 Å². The smallest absolute Gasteiger partial charge is 0.261 e. The molecular weight excluding hydrogens is 317 g/mol. The zero-order valence-electron chi connectivity index (χ0n) is 14.2. The summed E-state index contributed by atoms with van der Waals surface area (Å²) in [6.07, 6.45) is 3.49. The van der Waals surface area contributed by atoms with E-state index in [-0.39, 0.29) is 5.56 Å². The summed E-state index contributed by atoms with van der Waals surface area (Å²) in [5.41, 5.74) is 1.14. The van der Waals surface area contributed by atoms with Crippen LogP contribution in [0.25, 0.3) is 22.2 Å². The lowest BCUT2D eigenvalue weighted by Gasteiger charge is -2.20. The topological polar surface area (TPSA) is 47.8 Å². The molecule has 0 saturated carbocycles. The number of halogens is 1. The first kappa shape index (κ1) is 15.9. The number of hydrogen-bond acceptors (Lipinski definition) is 3. The molecule has 0 bridgehead atoms. The molecule has 4 nitrogen and oxygen atoms in total. The first-order chi connectivity index (χ1) is 12.1. The van der Waals surface area contributed by atoms with Crippen molar-refractivity contribution in [2.75, 3.05) is 0 Å². The summed E-state index contributed by atoms with van der Waals surface area (Å²) in [4.78, 5) is 21.9. The summed E-state index contributed by atoms with van der Waals surface area (Å²) in [5.74, 6) is 0.684. The summed E-state index contributed by atoms with van der Waals surface area (Å²) in [5, 5.41) is 0.575. The van der Waals surface area contributed by atoms with Crippen LogP contribution in [-0.2, 0) is 13.0 Å². The monoisotopic (exact) mass is 337 g/mol. The van der Waals surface area contributed by atoms with Gasteiger partial charge in [0.15, 0.2) is 0 Å². The number of hydrogen-bond donors (Lipinski definition) is 0. The highest BCUT2D eigenvalue weighted by Gasteiger charge is 2.31. The molecule has 1 aliphatic rings. The molecule has 4 rings (SSSR count). The SMILES string of the molecule is CCC1(F)CCc2nc3cc(-c4ccccn4)ccc3c(=O)n2CC1. The molecular formula is C20H20FN3O. The number of alkyl halides is 1. The molecule has 0 amide bonds. The van der Waals surface area contributed by atoms with Crippen molar-refractivity contribution < 1.29 is 4.39 Å². The fourth-order valence-corrected chi connectivity index (χ4v) is 3.51. The van der Waals surface area contributed by atoms with Crippen LogP contribution in [0.4, 0.5) is 4.39 Å². The van der Waals surface area contributed by atoms with E-state index in [1.165, 1.54) is 0 Å². The van der Waals surface area contributed by atoms with E-state index >= 15 is 0 Å². The van der Waals surface area contributed by atoms with Crippen LogP contribution in [0.1, 0.15) is 32.0 Å². The van der Waals surface area contributed by atoms with Crippen LogP contribution < -0.4 is 5.56 Å². The van der Waals surface area contributed by atoms with Gasteiger partial charge in [0, 0.05) is 24.7 Å². The number of benzene rings is 1. The van der Waals surface area contributed by atoms with Gasteiger partial charge in [0.2, 0.25) is 0 Å². The molecule has 1 aliphatic heterocycles.